The molecule has 1 aliphatic heterocycles. The summed E-state index contributed by atoms with van der Waals surface area (Å²) < 4.78 is 31.7. The summed E-state index contributed by atoms with van der Waals surface area (Å²) in [5, 5.41) is 9.52. The predicted octanol–water partition coefficient (Wildman–Crippen LogP) is 0.719. The van der Waals surface area contributed by atoms with Crippen LogP contribution in [0.3, 0.4) is 0 Å². The zero-order chi connectivity index (χ0) is 14.6. The van der Waals surface area contributed by atoms with Crippen molar-refractivity contribution in [2.45, 2.75) is 51.9 Å². The molecular formula is C11H22F3N2O2+. The van der Waals surface area contributed by atoms with E-state index in [0.717, 1.165) is 12.6 Å². The van der Waals surface area contributed by atoms with Crippen LogP contribution < -0.4 is 11.1 Å². The molecule has 0 spiro atoms. The minimum absolute atomic E-state index is 0.447. The van der Waals surface area contributed by atoms with Crippen LogP contribution in [-0.2, 0) is 4.79 Å². The maximum absolute atomic E-state index is 10.6. The largest absolute Gasteiger partial charge is 0.490 e. The molecular weight excluding hydrogens is 249 g/mol. The lowest BCUT2D eigenvalue weighted by Gasteiger charge is -2.20. The van der Waals surface area contributed by atoms with Crippen LogP contribution in [0.1, 0.15) is 33.6 Å². The highest BCUT2D eigenvalue weighted by atomic mass is 19.4. The molecule has 18 heavy (non-hydrogen) atoms. The van der Waals surface area contributed by atoms with Crippen molar-refractivity contribution in [1.29, 1.82) is 0 Å². The number of aliphatic carboxylic acids is 1. The Morgan fingerprint density at radius 3 is 2.06 bits per heavy atom. The molecule has 1 fully saturated rings. The highest BCUT2D eigenvalue weighted by Gasteiger charge is 2.38. The first-order valence-electron chi connectivity index (χ1n) is 5.81. The standard InChI is InChI=1S/C9H20N2.C2HF3O2/c1-9(2,3)5-8-4-7(10)6-11-8;3-2(4,5)1(6)7/h7-8,11H,4-6,10H2,1-3H3;(H,6,7)/p+1/t7-,8+;/m1./s1. The molecule has 1 aliphatic rings. The highest BCUT2D eigenvalue weighted by Crippen LogP contribution is 2.21. The molecule has 108 valence electrons. The van der Waals surface area contributed by atoms with Crippen LogP contribution in [0.2, 0.25) is 0 Å². The van der Waals surface area contributed by atoms with Crippen molar-refractivity contribution in [3.63, 3.8) is 0 Å². The fourth-order valence-electron chi connectivity index (χ4n) is 1.90. The number of rotatable bonds is 1. The molecule has 4 nitrogen and oxygen atoms in total. The van der Waals surface area contributed by atoms with Gasteiger partial charge in [0.2, 0.25) is 0 Å². The molecule has 0 aromatic heterocycles. The first-order valence-corrected chi connectivity index (χ1v) is 5.81. The molecule has 2 atom stereocenters. The van der Waals surface area contributed by atoms with Crippen molar-refractivity contribution in [2.24, 2.45) is 11.1 Å². The lowest BCUT2D eigenvalue weighted by molar-refractivity contribution is -0.672. The number of hydrogen-bond donors (Lipinski definition) is 3. The zero-order valence-corrected chi connectivity index (χ0v) is 10.9. The van der Waals surface area contributed by atoms with Crippen LogP contribution in [0.25, 0.3) is 0 Å². The number of hydrogen-bond acceptors (Lipinski definition) is 2. The molecule has 0 aliphatic carbocycles. The molecule has 7 heteroatoms. The van der Waals surface area contributed by atoms with E-state index in [1.165, 1.54) is 12.8 Å². The molecule has 0 aromatic carbocycles. The van der Waals surface area contributed by atoms with Crippen LogP contribution in [0.5, 0.6) is 0 Å². The summed E-state index contributed by atoms with van der Waals surface area (Å²) >= 11 is 0. The lowest BCUT2D eigenvalue weighted by Crippen LogP contribution is -2.87. The average molecular weight is 271 g/mol. The van der Waals surface area contributed by atoms with Crippen molar-refractivity contribution in [3.8, 4) is 0 Å². The predicted molar refractivity (Wildman–Crippen MR) is 60.9 cm³/mol. The Labute approximate surface area is 105 Å². The number of quaternary nitrogens is 1. The van der Waals surface area contributed by atoms with Crippen molar-refractivity contribution in [3.05, 3.63) is 0 Å². The van der Waals surface area contributed by atoms with Gasteiger partial charge in [0, 0.05) is 12.8 Å². The minimum atomic E-state index is -5.08. The summed E-state index contributed by atoms with van der Waals surface area (Å²) in [5.41, 5.74) is 6.28. The van der Waals surface area contributed by atoms with E-state index in [9.17, 15) is 13.2 Å². The number of alkyl halides is 3. The van der Waals surface area contributed by atoms with E-state index in [2.05, 4.69) is 26.1 Å². The Hall–Kier alpha value is -0.820. The monoisotopic (exact) mass is 271 g/mol. The summed E-state index contributed by atoms with van der Waals surface area (Å²) in [6.45, 7) is 8.01. The third-order valence-electron chi connectivity index (χ3n) is 2.49. The topological polar surface area (TPSA) is 79.9 Å². The SMILES string of the molecule is CC(C)(C)C[C@@H]1C[C@@H](N)C[NH2+]1.O=C(O)C(F)(F)F. The summed E-state index contributed by atoms with van der Waals surface area (Å²) in [6, 6.07) is 1.23. The second-order valence-corrected chi connectivity index (χ2v) is 5.79. The fraction of sp³-hybridized carbons (Fsp3) is 0.909. The fourth-order valence-corrected chi connectivity index (χ4v) is 1.90. The number of carbonyl (C=O) groups is 1. The molecule has 0 radical (unpaired) electrons. The minimum Gasteiger partial charge on any atom is -0.475 e. The van der Waals surface area contributed by atoms with E-state index >= 15 is 0 Å². The number of carboxylic acid groups (broad SMARTS) is 1. The molecule has 1 saturated heterocycles. The van der Waals surface area contributed by atoms with Gasteiger partial charge in [-0.1, -0.05) is 20.8 Å². The van der Waals surface area contributed by atoms with Crippen LogP contribution in [-0.4, -0.2) is 35.9 Å². The van der Waals surface area contributed by atoms with Crippen molar-refractivity contribution >= 4 is 5.97 Å². The Morgan fingerprint density at radius 1 is 1.39 bits per heavy atom. The molecule has 5 N–H and O–H groups in total. The van der Waals surface area contributed by atoms with E-state index in [0.29, 0.717) is 11.5 Å². The van der Waals surface area contributed by atoms with Crippen LogP contribution in [0.15, 0.2) is 0 Å². The maximum atomic E-state index is 10.6. The van der Waals surface area contributed by atoms with Gasteiger partial charge in [-0.05, 0) is 5.41 Å². The Balaban J connectivity index is 0.000000360. The Bertz CT molecular complexity index is 274. The summed E-state index contributed by atoms with van der Waals surface area (Å²) in [5.74, 6) is -2.76. The van der Waals surface area contributed by atoms with Gasteiger partial charge in [-0.15, -0.1) is 0 Å². The van der Waals surface area contributed by atoms with E-state index < -0.39 is 12.1 Å². The van der Waals surface area contributed by atoms with Gasteiger partial charge in [0.1, 0.15) is 0 Å². The first kappa shape index (κ1) is 17.2. The van der Waals surface area contributed by atoms with Gasteiger partial charge in [-0.3, -0.25) is 0 Å². The third kappa shape index (κ3) is 8.30. The lowest BCUT2D eigenvalue weighted by atomic mass is 9.87. The maximum Gasteiger partial charge on any atom is 0.490 e. The van der Waals surface area contributed by atoms with Gasteiger partial charge in [0.05, 0.1) is 18.6 Å². The second-order valence-electron chi connectivity index (χ2n) is 5.79. The van der Waals surface area contributed by atoms with Gasteiger partial charge in [-0.2, -0.15) is 13.2 Å². The van der Waals surface area contributed by atoms with Crippen molar-refractivity contribution in [2.75, 3.05) is 6.54 Å². The normalized spacial score (nSPS) is 24.4. The second kappa shape index (κ2) is 6.38. The van der Waals surface area contributed by atoms with E-state index in [1.807, 2.05) is 0 Å². The van der Waals surface area contributed by atoms with Crippen LogP contribution >= 0.6 is 0 Å². The quantitative estimate of drug-likeness (QED) is 0.657. The smallest absolute Gasteiger partial charge is 0.475 e. The van der Waals surface area contributed by atoms with Gasteiger partial charge >= 0.3 is 12.1 Å². The molecule has 0 aromatic rings. The molecule has 1 heterocycles. The van der Waals surface area contributed by atoms with Crippen molar-refractivity contribution in [1.82, 2.24) is 0 Å². The highest BCUT2D eigenvalue weighted by molar-refractivity contribution is 5.73. The molecule has 0 unspecified atom stereocenters. The third-order valence-corrected chi connectivity index (χ3v) is 2.49. The van der Waals surface area contributed by atoms with Crippen LogP contribution in [0, 0.1) is 5.41 Å². The number of halogens is 3. The zero-order valence-electron chi connectivity index (χ0n) is 10.9. The Morgan fingerprint density at radius 2 is 1.83 bits per heavy atom. The van der Waals surface area contributed by atoms with E-state index in [1.54, 1.807) is 0 Å². The van der Waals surface area contributed by atoms with E-state index in [-0.39, 0.29) is 0 Å². The Kier molecular flexibility index (Phi) is 6.09. The summed E-state index contributed by atoms with van der Waals surface area (Å²) in [6.07, 6.45) is -2.59. The molecule has 0 saturated carbocycles. The number of carboxylic acids is 1. The molecule has 0 amide bonds. The summed E-state index contributed by atoms with van der Waals surface area (Å²) in [7, 11) is 0. The number of nitrogens with two attached hydrogens (primary N) is 2. The van der Waals surface area contributed by atoms with E-state index in [4.69, 9.17) is 15.6 Å². The van der Waals surface area contributed by atoms with Crippen LogP contribution in [0.4, 0.5) is 13.2 Å². The van der Waals surface area contributed by atoms with Gasteiger partial charge in [0.15, 0.2) is 0 Å². The average Bonchev–Trinajstić information content (AvgIpc) is 2.47. The summed E-state index contributed by atoms with van der Waals surface area (Å²) in [4.78, 5) is 8.90. The molecule has 0 bridgehead atoms. The first-order chi connectivity index (χ1) is 7.92. The van der Waals surface area contributed by atoms with Crippen molar-refractivity contribution < 1.29 is 28.4 Å². The molecule has 1 rings (SSSR count). The van der Waals surface area contributed by atoms with Gasteiger partial charge in [0.25, 0.3) is 0 Å². The van der Waals surface area contributed by atoms with Gasteiger partial charge in [-0.25, -0.2) is 4.79 Å². The van der Waals surface area contributed by atoms with Gasteiger partial charge < -0.3 is 16.2 Å².